The Morgan fingerprint density at radius 2 is 0.756 bits per heavy atom. The molecule has 0 fully saturated rings. The fourth-order valence-corrected chi connectivity index (χ4v) is 3.38. The van der Waals surface area contributed by atoms with Gasteiger partial charge in [-0.15, -0.1) is 0 Å². The van der Waals surface area contributed by atoms with Crippen molar-refractivity contribution in [3.63, 3.8) is 0 Å². The highest BCUT2D eigenvalue weighted by molar-refractivity contribution is 5.85. The molecule has 0 heterocycles. The summed E-state index contributed by atoms with van der Waals surface area (Å²) in [6, 6.07) is 0. The Kier molecular flexibility index (Phi) is 12.5. The first-order valence-corrected chi connectivity index (χ1v) is 11.7. The van der Waals surface area contributed by atoms with Gasteiger partial charge in [0.2, 0.25) is 0 Å². The Bertz CT molecular complexity index is 878. The summed E-state index contributed by atoms with van der Waals surface area (Å²) in [7, 11) is 0. The van der Waals surface area contributed by atoms with Crippen molar-refractivity contribution in [1.82, 2.24) is 0 Å². The summed E-state index contributed by atoms with van der Waals surface area (Å²) in [5.41, 5.74) is 0.00325. The van der Waals surface area contributed by atoms with E-state index in [4.69, 9.17) is 5.11 Å². The molecule has 0 aromatic heterocycles. The molecule has 244 valence electrons. The highest BCUT2D eigenvalue weighted by Gasteiger charge is 2.95. The van der Waals surface area contributed by atoms with Crippen LogP contribution in [0.15, 0.2) is 12.2 Å². The van der Waals surface area contributed by atoms with E-state index in [2.05, 4.69) is 6.58 Å². The quantitative estimate of drug-likeness (QED) is 0.0864. The normalized spacial score (nSPS) is 14.9. The van der Waals surface area contributed by atoms with Crippen molar-refractivity contribution in [1.29, 1.82) is 0 Å². The Hall–Kier alpha value is -1.98. The molecular formula is C22H25F17O2. The van der Waals surface area contributed by atoms with E-state index in [1.54, 1.807) is 0 Å². The number of hydrogen-bond acceptors (Lipinski definition) is 1. The van der Waals surface area contributed by atoms with Gasteiger partial charge >= 0.3 is 53.6 Å². The van der Waals surface area contributed by atoms with E-state index < -0.39 is 72.9 Å². The van der Waals surface area contributed by atoms with Crippen LogP contribution >= 0.6 is 0 Å². The van der Waals surface area contributed by atoms with Crippen LogP contribution in [-0.2, 0) is 4.79 Å². The van der Waals surface area contributed by atoms with E-state index in [9.17, 15) is 79.4 Å². The Morgan fingerprint density at radius 1 is 0.463 bits per heavy atom. The highest BCUT2D eigenvalue weighted by atomic mass is 19.4. The van der Waals surface area contributed by atoms with Crippen molar-refractivity contribution in [2.45, 2.75) is 118 Å². The molecule has 2 nitrogen and oxygen atoms in total. The first kappa shape index (κ1) is 39.0. The average Bonchev–Trinajstić information content (AvgIpc) is 2.80. The molecule has 0 aliphatic rings. The molecule has 0 rings (SSSR count). The molecule has 0 aromatic carbocycles. The minimum atomic E-state index is -8.60. The maximum Gasteiger partial charge on any atom is 0.460 e. The van der Waals surface area contributed by atoms with Crippen LogP contribution in [0.25, 0.3) is 0 Å². The summed E-state index contributed by atoms with van der Waals surface area (Å²) in [5.74, 6) is -57.1. The van der Waals surface area contributed by atoms with Gasteiger partial charge in [-0.1, -0.05) is 51.5 Å². The predicted molar refractivity (Wildman–Crippen MR) is 108 cm³/mol. The van der Waals surface area contributed by atoms with Gasteiger partial charge in [-0.05, 0) is 19.3 Å². The predicted octanol–water partition coefficient (Wildman–Crippen LogP) is 9.93. The molecule has 0 radical (unpaired) electrons. The highest BCUT2D eigenvalue weighted by Crippen LogP contribution is 2.64. The molecule has 0 aliphatic carbocycles. The minimum absolute atomic E-state index is 0.000836. The van der Waals surface area contributed by atoms with Crippen molar-refractivity contribution in [3.05, 3.63) is 12.2 Å². The van der Waals surface area contributed by atoms with Gasteiger partial charge in [-0.2, -0.15) is 74.6 Å². The molecular weight excluding hydrogens is 619 g/mol. The Balaban J connectivity index is 5.23. The van der Waals surface area contributed by atoms with E-state index in [0.29, 0.717) is 32.1 Å². The lowest BCUT2D eigenvalue weighted by Gasteiger charge is -2.42. The van der Waals surface area contributed by atoms with Gasteiger partial charge in [0.15, 0.2) is 0 Å². The number of carboxylic acids is 1. The summed E-state index contributed by atoms with van der Waals surface area (Å²) in [5, 5.41) is 8.63. The van der Waals surface area contributed by atoms with E-state index >= 15 is 0 Å². The van der Waals surface area contributed by atoms with Gasteiger partial charge in [0.05, 0.1) is 0 Å². The summed E-state index contributed by atoms with van der Waals surface area (Å²) in [6.45, 7) is 3.32. The molecule has 0 saturated carbocycles. The summed E-state index contributed by atoms with van der Waals surface area (Å²) < 4.78 is 225. The second-order valence-electron chi connectivity index (χ2n) is 9.24. The largest absolute Gasteiger partial charge is 0.478 e. The maximum atomic E-state index is 13.8. The summed E-state index contributed by atoms with van der Waals surface area (Å²) in [4.78, 5) is 10.6. The lowest BCUT2D eigenvalue weighted by atomic mass is 9.87. The number of hydrogen-bond donors (Lipinski definition) is 1. The third kappa shape index (κ3) is 7.70. The first-order valence-electron chi connectivity index (χ1n) is 11.7. The molecule has 0 amide bonds. The number of alkyl halides is 17. The standard InChI is InChI=1S/C22H25F17O2/c1-13(14(40)41)11-9-7-5-3-2-4-6-8-10-12-15(23,24)16(25,26)17(27,28)18(29,30)19(31,32)20(33,34)21(35,36)22(37,38)39/h1-12H2,(H,40,41). The zero-order valence-electron chi connectivity index (χ0n) is 20.8. The fourth-order valence-electron chi connectivity index (χ4n) is 3.38. The number of halogens is 17. The van der Waals surface area contributed by atoms with Crippen LogP contribution in [0.4, 0.5) is 74.6 Å². The van der Waals surface area contributed by atoms with Crippen molar-refractivity contribution >= 4 is 5.97 Å². The van der Waals surface area contributed by atoms with Gasteiger partial charge < -0.3 is 5.11 Å². The second kappa shape index (κ2) is 13.1. The number of rotatable bonds is 19. The van der Waals surface area contributed by atoms with Gasteiger partial charge in [-0.3, -0.25) is 0 Å². The van der Waals surface area contributed by atoms with Crippen molar-refractivity contribution in [2.75, 3.05) is 0 Å². The third-order valence-corrected chi connectivity index (χ3v) is 6.06. The number of unbranched alkanes of at least 4 members (excludes halogenated alkanes) is 8. The van der Waals surface area contributed by atoms with E-state index in [1.165, 1.54) is 0 Å². The monoisotopic (exact) mass is 644 g/mol. The van der Waals surface area contributed by atoms with Crippen LogP contribution in [0, 0.1) is 0 Å². The van der Waals surface area contributed by atoms with Crippen LogP contribution < -0.4 is 0 Å². The summed E-state index contributed by atoms with van der Waals surface area (Å²) >= 11 is 0. The van der Waals surface area contributed by atoms with E-state index in [0.717, 1.165) is 0 Å². The molecule has 0 saturated heterocycles. The van der Waals surface area contributed by atoms with Gasteiger partial charge in [0, 0.05) is 12.0 Å². The third-order valence-electron chi connectivity index (χ3n) is 6.06. The Labute approximate surface area is 221 Å². The van der Waals surface area contributed by atoms with Gasteiger partial charge in [-0.25, -0.2) is 4.79 Å². The molecule has 19 heteroatoms. The molecule has 0 atom stereocenters. The molecule has 0 bridgehead atoms. The topological polar surface area (TPSA) is 37.3 Å². The van der Waals surface area contributed by atoms with Gasteiger partial charge in [0.25, 0.3) is 0 Å². The maximum absolute atomic E-state index is 13.8. The Morgan fingerprint density at radius 3 is 1.10 bits per heavy atom. The minimum Gasteiger partial charge on any atom is -0.478 e. The molecule has 0 aromatic rings. The van der Waals surface area contributed by atoms with Crippen LogP contribution in [0.5, 0.6) is 0 Å². The molecule has 41 heavy (non-hydrogen) atoms. The van der Waals surface area contributed by atoms with Gasteiger partial charge in [0.1, 0.15) is 0 Å². The van der Waals surface area contributed by atoms with Crippen LogP contribution in [0.3, 0.4) is 0 Å². The SMILES string of the molecule is C=C(CCCCCCCCCCCC(F)(F)C(F)(F)C(F)(F)C(F)(F)C(F)(F)C(F)(F)C(F)(F)C(F)(F)F)C(=O)O. The zero-order chi connectivity index (χ0) is 32.9. The molecule has 0 spiro atoms. The smallest absolute Gasteiger partial charge is 0.460 e. The van der Waals surface area contributed by atoms with E-state index in [1.807, 2.05) is 0 Å². The number of carbonyl (C=O) groups is 1. The molecule has 1 N–H and O–H groups in total. The number of aliphatic carboxylic acids is 1. The second-order valence-corrected chi connectivity index (χ2v) is 9.24. The zero-order valence-corrected chi connectivity index (χ0v) is 20.8. The van der Waals surface area contributed by atoms with E-state index in [-0.39, 0.29) is 24.8 Å². The van der Waals surface area contributed by atoms with Crippen LogP contribution in [-0.4, -0.2) is 58.7 Å². The molecule has 0 aliphatic heterocycles. The molecule has 0 unspecified atom stereocenters. The van der Waals surface area contributed by atoms with Crippen LogP contribution in [0.2, 0.25) is 0 Å². The number of carboxylic acid groups (broad SMARTS) is 1. The van der Waals surface area contributed by atoms with Crippen molar-refractivity contribution in [3.8, 4) is 0 Å². The lowest BCUT2D eigenvalue weighted by molar-refractivity contribution is -0.461. The van der Waals surface area contributed by atoms with Crippen LogP contribution in [0.1, 0.15) is 70.6 Å². The lowest BCUT2D eigenvalue weighted by Crippen LogP contribution is -2.74. The van der Waals surface area contributed by atoms with Crippen molar-refractivity contribution < 1.29 is 84.5 Å². The fraction of sp³-hybridized carbons (Fsp3) is 0.864. The summed E-state index contributed by atoms with van der Waals surface area (Å²) in [6.07, 6.45) is -8.46. The average molecular weight is 644 g/mol. The first-order chi connectivity index (χ1) is 18.1. The van der Waals surface area contributed by atoms with Crippen molar-refractivity contribution in [2.24, 2.45) is 0 Å².